The van der Waals surface area contributed by atoms with E-state index in [0.29, 0.717) is 34.0 Å². The van der Waals surface area contributed by atoms with Gasteiger partial charge in [0, 0.05) is 22.5 Å². The molecule has 0 bridgehead atoms. The quantitative estimate of drug-likeness (QED) is 0.561. The van der Waals surface area contributed by atoms with Gasteiger partial charge < -0.3 is 9.47 Å². The van der Waals surface area contributed by atoms with Gasteiger partial charge in [-0.2, -0.15) is 0 Å². The molecule has 6 heteroatoms. The van der Waals surface area contributed by atoms with Crippen LogP contribution in [0.1, 0.15) is 46.2 Å². The summed E-state index contributed by atoms with van der Waals surface area (Å²) in [5.74, 6) is -0.988. The van der Waals surface area contributed by atoms with Crippen molar-refractivity contribution in [1.29, 1.82) is 0 Å². The van der Waals surface area contributed by atoms with E-state index in [1.54, 1.807) is 31.2 Å². The maximum atomic E-state index is 12.4. The van der Waals surface area contributed by atoms with Gasteiger partial charge in [-0.15, -0.1) is 0 Å². The van der Waals surface area contributed by atoms with Crippen LogP contribution >= 0.6 is 11.6 Å². The van der Waals surface area contributed by atoms with E-state index in [0.717, 1.165) is 12.8 Å². The average molecular weight is 362 g/mol. The lowest BCUT2D eigenvalue weighted by Crippen LogP contribution is -2.11. The second kappa shape index (κ2) is 8.62. The van der Waals surface area contributed by atoms with Gasteiger partial charge in [0.25, 0.3) is 0 Å². The lowest BCUT2D eigenvalue weighted by Gasteiger charge is -2.13. The number of pyridine rings is 1. The molecule has 0 saturated carbocycles. The van der Waals surface area contributed by atoms with Crippen molar-refractivity contribution in [3.63, 3.8) is 0 Å². The van der Waals surface area contributed by atoms with Crippen LogP contribution in [0.2, 0.25) is 5.02 Å². The molecule has 0 spiro atoms. The van der Waals surface area contributed by atoms with Crippen molar-refractivity contribution in [2.45, 2.75) is 26.7 Å². The van der Waals surface area contributed by atoms with Gasteiger partial charge in [-0.3, -0.25) is 4.98 Å². The average Bonchev–Trinajstić information content (AvgIpc) is 2.61. The predicted octanol–water partition coefficient (Wildman–Crippen LogP) is 4.45. The third-order valence-electron chi connectivity index (χ3n) is 3.67. The first-order valence-electron chi connectivity index (χ1n) is 8.00. The Morgan fingerprint density at radius 2 is 1.84 bits per heavy atom. The van der Waals surface area contributed by atoms with E-state index in [1.807, 2.05) is 6.92 Å². The molecule has 132 valence electrons. The van der Waals surface area contributed by atoms with Crippen LogP contribution in [0.25, 0.3) is 11.1 Å². The molecular weight excluding hydrogens is 342 g/mol. The fourth-order valence-electron chi connectivity index (χ4n) is 2.36. The number of carbonyl (C=O) groups excluding carboxylic acids is 2. The minimum atomic E-state index is -0.508. The molecule has 1 aromatic carbocycles. The van der Waals surface area contributed by atoms with E-state index in [1.165, 1.54) is 13.3 Å². The largest absolute Gasteiger partial charge is 0.465 e. The van der Waals surface area contributed by atoms with Gasteiger partial charge in [0.1, 0.15) is 0 Å². The maximum absolute atomic E-state index is 12.4. The number of rotatable bonds is 6. The van der Waals surface area contributed by atoms with Gasteiger partial charge in [0.2, 0.25) is 0 Å². The van der Waals surface area contributed by atoms with Crippen molar-refractivity contribution < 1.29 is 19.1 Å². The number of ether oxygens (including phenoxy) is 2. The van der Waals surface area contributed by atoms with E-state index in [9.17, 15) is 9.59 Å². The number of methoxy groups -OCH3 is 1. The molecule has 0 unspecified atom stereocenters. The standard InChI is InChI=1S/C19H20ClNO4/c1-4-5-8-25-19(23)17-11-21-12(2)9-15(17)16-10-13(20)6-7-14(16)18(22)24-3/h6-7,9-11H,4-5,8H2,1-3H3. The number of benzene rings is 1. The summed E-state index contributed by atoms with van der Waals surface area (Å²) in [5, 5.41) is 0.447. The number of hydrogen-bond donors (Lipinski definition) is 0. The molecule has 1 heterocycles. The summed E-state index contributed by atoms with van der Waals surface area (Å²) >= 11 is 6.10. The fourth-order valence-corrected chi connectivity index (χ4v) is 2.53. The first kappa shape index (κ1) is 18.9. The van der Waals surface area contributed by atoms with E-state index < -0.39 is 11.9 Å². The van der Waals surface area contributed by atoms with Crippen molar-refractivity contribution in [1.82, 2.24) is 4.98 Å². The van der Waals surface area contributed by atoms with Crippen LogP contribution in [-0.2, 0) is 9.47 Å². The molecule has 0 radical (unpaired) electrons. The number of halogens is 1. The molecule has 1 aromatic heterocycles. The monoisotopic (exact) mass is 361 g/mol. The van der Waals surface area contributed by atoms with Crippen molar-refractivity contribution in [2.24, 2.45) is 0 Å². The number of aromatic nitrogens is 1. The second-order valence-corrected chi connectivity index (χ2v) is 5.98. The van der Waals surface area contributed by atoms with Gasteiger partial charge in [0.05, 0.1) is 24.8 Å². The molecule has 0 N–H and O–H groups in total. The summed E-state index contributed by atoms with van der Waals surface area (Å²) in [4.78, 5) is 28.7. The Bertz CT molecular complexity index is 789. The van der Waals surface area contributed by atoms with Crippen molar-refractivity contribution >= 4 is 23.5 Å². The highest BCUT2D eigenvalue weighted by molar-refractivity contribution is 6.31. The topological polar surface area (TPSA) is 65.5 Å². The van der Waals surface area contributed by atoms with Gasteiger partial charge in [0.15, 0.2) is 0 Å². The highest BCUT2D eigenvalue weighted by atomic mass is 35.5. The Hall–Kier alpha value is -2.40. The van der Waals surface area contributed by atoms with Gasteiger partial charge in [-0.05, 0) is 43.2 Å². The predicted molar refractivity (Wildman–Crippen MR) is 96.0 cm³/mol. The normalized spacial score (nSPS) is 10.4. The molecule has 0 aliphatic heterocycles. The van der Waals surface area contributed by atoms with Crippen LogP contribution in [0, 0.1) is 6.92 Å². The Balaban J connectivity index is 2.55. The summed E-state index contributed by atoms with van der Waals surface area (Å²) in [5.41, 5.74) is 2.36. The molecule has 0 atom stereocenters. The molecule has 0 aliphatic carbocycles. The molecule has 25 heavy (non-hydrogen) atoms. The smallest absolute Gasteiger partial charge is 0.340 e. The summed E-state index contributed by atoms with van der Waals surface area (Å²) in [6, 6.07) is 6.54. The van der Waals surface area contributed by atoms with Crippen LogP contribution in [0.5, 0.6) is 0 Å². The lowest BCUT2D eigenvalue weighted by molar-refractivity contribution is 0.0499. The van der Waals surface area contributed by atoms with Crippen LogP contribution in [-0.4, -0.2) is 30.6 Å². The van der Waals surface area contributed by atoms with Crippen molar-refractivity contribution in [2.75, 3.05) is 13.7 Å². The minimum absolute atomic E-state index is 0.286. The number of nitrogens with zero attached hydrogens (tertiary/aromatic N) is 1. The zero-order valence-corrected chi connectivity index (χ0v) is 15.2. The summed E-state index contributed by atoms with van der Waals surface area (Å²) < 4.78 is 10.1. The molecule has 2 rings (SSSR count). The third-order valence-corrected chi connectivity index (χ3v) is 3.90. The van der Waals surface area contributed by atoms with Crippen LogP contribution in [0.15, 0.2) is 30.5 Å². The number of aryl methyl sites for hydroxylation is 1. The van der Waals surface area contributed by atoms with Crippen LogP contribution < -0.4 is 0 Å². The zero-order chi connectivity index (χ0) is 18.4. The molecule has 0 fully saturated rings. The Kier molecular flexibility index (Phi) is 6.53. The molecule has 0 aliphatic rings. The Morgan fingerprint density at radius 3 is 2.52 bits per heavy atom. The first-order valence-corrected chi connectivity index (χ1v) is 8.37. The van der Waals surface area contributed by atoms with Crippen LogP contribution in [0.3, 0.4) is 0 Å². The van der Waals surface area contributed by atoms with Gasteiger partial charge in [-0.25, -0.2) is 9.59 Å². The summed E-state index contributed by atoms with van der Waals surface area (Å²) in [7, 11) is 1.30. The van der Waals surface area contributed by atoms with E-state index in [4.69, 9.17) is 21.1 Å². The van der Waals surface area contributed by atoms with E-state index in [2.05, 4.69) is 4.98 Å². The highest BCUT2D eigenvalue weighted by Gasteiger charge is 2.21. The summed E-state index contributed by atoms with van der Waals surface area (Å²) in [6.07, 6.45) is 3.17. The van der Waals surface area contributed by atoms with Gasteiger partial charge in [-0.1, -0.05) is 24.9 Å². The molecule has 2 aromatic rings. The Morgan fingerprint density at radius 1 is 1.12 bits per heavy atom. The summed E-state index contributed by atoms with van der Waals surface area (Å²) in [6.45, 7) is 4.15. The SMILES string of the molecule is CCCCOC(=O)c1cnc(C)cc1-c1cc(Cl)ccc1C(=O)OC. The van der Waals surface area contributed by atoms with Gasteiger partial charge >= 0.3 is 11.9 Å². The highest BCUT2D eigenvalue weighted by Crippen LogP contribution is 2.31. The maximum Gasteiger partial charge on any atom is 0.340 e. The van der Waals surface area contributed by atoms with Crippen LogP contribution in [0.4, 0.5) is 0 Å². The molecule has 5 nitrogen and oxygen atoms in total. The second-order valence-electron chi connectivity index (χ2n) is 5.54. The first-order chi connectivity index (χ1) is 12.0. The van der Waals surface area contributed by atoms with Crippen molar-refractivity contribution in [3.8, 4) is 11.1 Å². The van der Waals surface area contributed by atoms with E-state index >= 15 is 0 Å². The number of hydrogen-bond acceptors (Lipinski definition) is 5. The van der Waals surface area contributed by atoms with Crippen molar-refractivity contribution in [3.05, 3.63) is 52.3 Å². The number of carbonyl (C=O) groups is 2. The molecule has 0 amide bonds. The number of esters is 2. The molecule has 0 saturated heterocycles. The molecular formula is C19H20ClNO4. The minimum Gasteiger partial charge on any atom is -0.465 e. The fraction of sp³-hybridized carbons (Fsp3) is 0.316. The zero-order valence-electron chi connectivity index (χ0n) is 14.5. The third kappa shape index (κ3) is 4.57. The number of unbranched alkanes of at least 4 members (excludes halogenated alkanes) is 1. The lowest BCUT2D eigenvalue weighted by atomic mass is 9.96. The Labute approximate surface area is 151 Å². The van der Waals surface area contributed by atoms with E-state index in [-0.39, 0.29) is 5.56 Å².